The van der Waals surface area contributed by atoms with Crippen molar-refractivity contribution >= 4 is 17.7 Å². The largest absolute Gasteiger partial charge is 0.338 e. The smallest absolute Gasteiger partial charge is 0.255 e. The highest BCUT2D eigenvalue weighted by Crippen LogP contribution is 2.15. The Hall–Kier alpha value is -1.54. The van der Waals surface area contributed by atoms with Gasteiger partial charge < -0.3 is 4.90 Å². The summed E-state index contributed by atoms with van der Waals surface area (Å²) in [5, 5.41) is 9.55. The molecule has 0 fully saturated rings. The number of pyridine rings is 1. The first-order valence-electron chi connectivity index (χ1n) is 5.83. The van der Waals surface area contributed by atoms with Crippen LogP contribution in [-0.2, 0) is 0 Å². The van der Waals surface area contributed by atoms with E-state index in [-0.39, 0.29) is 11.9 Å². The molecule has 5 heteroatoms. The van der Waals surface area contributed by atoms with Gasteiger partial charge in [0.2, 0.25) is 0 Å². The van der Waals surface area contributed by atoms with Crippen molar-refractivity contribution in [2.75, 3.05) is 12.8 Å². The van der Waals surface area contributed by atoms with Crippen LogP contribution >= 0.6 is 11.8 Å². The van der Waals surface area contributed by atoms with E-state index < -0.39 is 0 Å². The van der Waals surface area contributed by atoms with Gasteiger partial charge in [0.1, 0.15) is 0 Å². The van der Waals surface area contributed by atoms with Crippen molar-refractivity contribution in [2.24, 2.45) is 0 Å². The SMILES string of the molecule is CCSc1ccc(C(=O)N(C)C(C)CC#N)cn1. The third kappa shape index (κ3) is 3.74. The summed E-state index contributed by atoms with van der Waals surface area (Å²) in [7, 11) is 1.71. The van der Waals surface area contributed by atoms with Crippen LogP contribution in [0.1, 0.15) is 30.6 Å². The van der Waals surface area contributed by atoms with Gasteiger partial charge in [0.15, 0.2) is 0 Å². The van der Waals surface area contributed by atoms with Crippen LogP contribution in [0.4, 0.5) is 0 Å². The van der Waals surface area contributed by atoms with E-state index in [2.05, 4.69) is 18.0 Å². The number of amides is 1. The number of thioether (sulfide) groups is 1. The van der Waals surface area contributed by atoms with Crippen molar-refractivity contribution in [1.29, 1.82) is 5.26 Å². The lowest BCUT2D eigenvalue weighted by molar-refractivity contribution is 0.0745. The third-order valence-corrected chi connectivity index (χ3v) is 3.47. The zero-order chi connectivity index (χ0) is 13.5. The molecule has 1 aromatic heterocycles. The van der Waals surface area contributed by atoms with Crippen LogP contribution < -0.4 is 0 Å². The van der Waals surface area contributed by atoms with Gasteiger partial charge in [-0.15, -0.1) is 11.8 Å². The van der Waals surface area contributed by atoms with Crippen LogP contribution in [0.5, 0.6) is 0 Å². The van der Waals surface area contributed by atoms with Gasteiger partial charge >= 0.3 is 0 Å². The predicted octanol–water partition coefficient (Wildman–Crippen LogP) is 2.57. The average molecular weight is 263 g/mol. The standard InChI is InChI=1S/C13H17N3OS/c1-4-18-12-6-5-11(9-15-12)13(17)16(3)10(2)7-8-14/h5-6,9-10H,4,7H2,1-3H3. The molecule has 0 aromatic carbocycles. The number of nitrogens with zero attached hydrogens (tertiary/aromatic N) is 3. The van der Waals surface area contributed by atoms with E-state index in [1.807, 2.05) is 13.0 Å². The molecule has 0 spiro atoms. The summed E-state index contributed by atoms with van der Waals surface area (Å²) in [5.74, 6) is 0.859. The van der Waals surface area contributed by atoms with Crippen LogP contribution in [0.15, 0.2) is 23.4 Å². The lowest BCUT2D eigenvalue weighted by Gasteiger charge is -2.22. The highest BCUT2D eigenvalue weighted by Gasteiger charge is 2.17. The zero-order valence-electron chi connectivity index (χ0n) is 10.9. The molecule has 1 rings (SSSR count). The molecule has 96 valence electrons. The normalized spacial score (nSPS) is 11.7. The zero-order valence-corrected chi connectivity index (χ0v) is 11.7. The molecule has 1 heterocycles. The lowest BCUT2D eigenvalue weighted by Crippen LogP contribution is -2.34. The van der Waals surface area contributed by atoms with Crippen LogP contribution in [0.3, 0.4) is 0 Å². The van der Waals surface area contributed by atoms with Gasteiger partial charge in [-0.1, -0.05) is 6.92 Å². The number of rotatable bonds is 5. The Labute approximate surface area is 112 Å². The molecular weight excluding hydrogens is 246 g/mol. The molecule has 18 heavy (non-hydrogen) atoms. The highest BCUT2D eigenvalue weighted by molar-refractivity contribution is 7.99. The maximum atomic E-state index is 12.1. The van der Waals surface area contributed by atoms with Gasteiger partial charge in [-0.2, -0.15) is 5.26 Å². The second-order valence-electron chi connectivity index (χ2n) is 3.95. The Kier molecular flexibility index (Phi) is 5.66. The minimum absolute atomic E-state index is 0.0906. The van der Waals surface area contributed by atoms with E-state index in [4.69, 9.17) is 5.26 Å². The minimum atomic E-state index is -0.0988. The topological polar surface area (TPSA) is 57.0 Å². The maximum absolute atomic E-state index is 12.1. The van der Waals surface area contributed by atoms with Gasteiger partial charge in [0.05, 0.1) is 23.1 Å². The number of nitriles is 1. The minimum Gasteiger partial charge on any atom is -0.338 e. The summed E-state index contributed by atoms with van der Waals surface area (Å²) in [6, 6.07) is 5.61. The second kappa shape index (κ2) is 7.02. The van der Waals surface area contributed by atoms with E-state index in [0.717, 1.165) is 10.8 Å². The molecule has 0 saturated heterocycles. The molecule has 0 aliphatic heterocycles. The molecule has 0 bridgehead atoms. The summed E-state index contributed by atoms with van der Waals surface area (Å²) in [5.41, 5.74) is 0.558. The summed E-state index contributed by atoms with van der Waals surface area (Å²) in [6.07, 6.45) is 1.93. The Morgan fingerprint density at radius 1 is 1.61 bits per heavy atom. The van der Waals surface area contributed by atoms with Crippen molar-refractivity contribution in [1.82, 2.24) is 9.88 Å². The quantitative estimate of drug-likeness (QED) is 0.766. The maximum Gasteiger partial charge on any atom is 0.255 e. The number of carbonyl (C=O) groups excluding carboxylic acids is 1. The van der Waals surface area contributed by atoms with Crippen LogP contribution in [-0.4, -0.2) is 34.6 Å². The molecule has 1 unspecified atom stereocenters. The van der Waals surface area contributed by atoms with Crippen LogP contribution in [0.25, 0.3) is 0 Å². The van der Waals surface area contributed by atoms with E-state index in [0.29, 0.717) is 12.0 Å². The molecule has 0 N–H and O–H groups in total. The Morgan fingerprint density at radius 3 is 2.83 bits per heavy atom. The highest BCUT2D eigenvalue weighted by atomic mass is 32.2. The van der Waals surface area contributed by atoms with Crippen molar-refractivity contribution in [3.05, 3.63) is 23.9 Å². The van der Waals surface area contributed by atoms with Crippen molar-refractivity contribution in [3.63, 3.8) is 0 Å². The number of carbonyl (C=O) groups is 1. The first-order chi connectivity index (χ1) is 8.60. The molecule has 1 aromatic rings. The summed E-state index contributed by atoms with van der Waals surface area (Å²) in [6.45, 7) is 3.92. The van der Waals surface area contributed by atoms with Crippen molar-refractivity contribution in [2.45, 2.75) is 31.3 Å². The molecule has 0 aliphatic rings. The van der Waals surface area contributed by atoms with Gasteiger partial charge in [-0.25, -0.2) is 4.98 Å². The van der Waals surface area contributed by atoms with Gasteiger partial charge in [-0.05, 0) is 24.8 Å². The summed E-state index contributed by atoms with van der Waals surface area (Å²) < 4.78 is 0. The molecular formula is C13H17N3OS. The molecule has 4 nitrogen and oxygen atoms in total. The lowest BCUT2D eigenvalue weighted by atomic mass is 10.2. The fraction of sp³-hybridized carbons (Fsp3) is 0.462. The van der Waals surface area contributed by atoms with E-state index >= 15 is 0 Å². The molecule has 1 atom stereocenters. The van der Waals surface area contributed by atoms with E-state index in [1.165, 1.54) is 0 Å². The van der Waals surface area contributed by atoms with Gasteiger partial charge in [0, 0.05) is 19.3 Å². The monoisotopic (exact) mass is 263 g/mol. The summed E-state index contributed by atoms with van der Waals surface area (Å²) >= 11 is 1.64. The summed E-state index contributed by atoms with van der Waals surface area (Å²) in [4.78, 5) is 17.9. The Balaban J connectivity index is 2.75. The van der Waals surface area contributed by atoms with Gasteiger partial charge in [-0.3, -0.25) is 4.79 Å². The van der Waals surface area contributed by atoms with Crippen LogP contribution in [0.2, 0.25) is 0 Å². The molecule has 1 amide bonds. The third-order valence-electron chi connectivity index (χ3n) is 2.64. The first kappa shape index (κ1) is 14.5. The Morgan fingerprint density at radius 2 is 2.33 bits per heavy atom. The fourth-order valence-corrected chi connectivity index (χ4v) is 2.00. The fourth-order valence-electron chi connectivity index (χ4n) is 1.41. The molecule has 0 aliphatic carbocycles. The van der Waals surface area contributed by atoms with Crippen LogP contribution in [0, 0.1) is 11.3 Å². The van der Waals surface area contributed by atoms with E-state index in [1.54, 1.807) is 36.0 Å². The average Bonchev–Trinajstić information content (AvgIpc) is 2.38. The van der Waals surface area contributed by atoms with E-state index in [9.17, 15) is 4.79 Å². The van der Waals surface area contributed by atoms with Crippen molar-refractivity contribution in [3.8, 4) is 6.07 Å². The molecule has 0 saturated carbocycles. The number of aromatic nitrogens is 1. The number of hydrogen-bond acceptors (Lipinski definition) is 4. The first-order valence-corrected chi connectivity index (χ1v) is 6.81. The second-order valence-corrected chi connectivity index (χ2v) is 5.23. The van der Waals surface area contributed by atoms with Crippen molar-refractivity contribution < 1.29 is 4.79 Å². The number of hydrogen-bond donors (Lipinski definition) is 0. The van der Waals surface area contributed by atoms with Gasteiger partial charge in [0.25, 0.3) is 5.91 Å². The predicted molar refractivity (Wildman–Crippen MR) is 72.4 cm³/mol. The molecule has 0 radical (unpaired) electrons. The Bertz CT molecular complexity index is 439.